The van der Waals surface area contributed by atoms with Crippen LogP contribution in [0.5, 0.6) is 0 Å². The van der Waals surface area contributed by atoms with Gasteiger partial charge < -0.3 is 10.2 Å². The van der Waals surface area contributed by atoms with Crippen molar-refractivity contribution in [3.63, 3.8) is 0 Å². The molecule has 1 saturated heterocycles. The van der Waals surface area contributed by atoms with Crippen LogP contribution in [0.2, 0.25) is 0 Å². The van der Waals surface area contributed by atoms with Gasteiger partial charge in [0.2, 0.25) is 0 Å². The third kappa shape index (κ3) is 2.08. The van der Waals surface area contributed by atoms with Crippen LogP contribution >= 0.6 is 0 Å². The predicted octanol–water partition coefficient (Wildman–Crippen LogP) is 2.07. The second-order valence-corrected chi connectivity index (χ2v) is 4.43. The van der Waals surface area contributed by atoms with Crippen LogP contribution in [0.1, 0.15) is 37.3 Å². The molecule has 1 aromatic heterocycles. The van der Waals surface area contributed by atoms with Crippen LogP contribution in [0.15, 0.2) is 16.5 Å². The summed E-state index contributed by atoms with van der Waals surface area (Å²) in [6.07, 6.45) is 2.55. The number of aryl methyl sites for hydroxylation is 1. The zero-order valence-electron chi connectivity index (χ0n) is 9.57. The maximum Gasteiger partial charge on any atom is 0.122 e. The van der Waals surface area contributed by atoms with Gasteiger partial charge in [-0.3, -0.25) is 4.90 Å². The standard InChI is InChI=1S/C12H20N2O/c1-9-4-3-7-14(9)11(8-13)12-6-5-10(2)15-12/h5-6,9,11H,3-4,7-8,13H2,1-2H3. The summed E-state index contributed by atoms with van der Waals surface area (Å²) in [5.41, 5.74) is 5.85. The van der Waals surface area contributed by atoms with E-state index in [0.717, 1.165) is 18.1 Å². The van der Waals surface area contributed by atoms with Crippen molar-refractivity contribution in [1.29, 1.82) is 0 Å². The van der Waals surface area contributed by atoms with Gasteiger partial charge in [0.1, 0.15) is 11.5 Å². The Kier molecular flexibility index (Phi) is 3.12. The minimum Gasteiger partial charge on any atom is -0.465 e. The lowest BCUT2D eigenvalue weighted by atomic mass is 10.1. The Morgan fingerprint density at radius 1 is 1.60 bits per heavy atom. The summed E-state index contributed by atoms with van der Waals surface area (Å²) in [5.74, 6) is 1.99. The Morgan fingerprint density at radius 2 is 2.40 bits per heavy atom. The molecule has 0 bridgehead atoms. The van der Waals surface area contributed by atoms with Crippen molar-refractivity contribution in [2.75, 3.05) is 13.1 Å². The molecule has 2 rings (SSSR count). The zero-order chi connectivity index (χ0) is 10.8. The van der Waals surface area contributed by atoms with Gasteiger partial charge in [-0.05, 0) is 45.4 Å². The van der Waals surface area contributed by atoms with Gasteiger partial charge in [0.15, 0.2) is 0 Å². The van der Waals surface area contributed by atoms with Crippen molar-refractivity contribution in [3.8, 4) is 0 Å². The highest BCUT2D eigenvalue weighted by molar-refractivity contribution is 5.11. The fourth-order valence-corrected chi connectivity index (χ4v) is 2.47. The molecule has 1 fully saturated rings. The lowest BCUT2D eigenvalue weighted by Crippen LogP contribution is -2.35. The van der Waals surface area contributed by atoms with E-state index in [4.69, 9.17) is 10.2 Å². The Balaban J connectivity index is 2.16. The molecule has 0 spiro atoms. The molecule has 0 amide bonds. The first-order chi connectivity index (χ1) is 7.22. The Hall–Kier alpha value is -0.800. The van der Waals surface area contributed by atoms with E-state index in [-0.39, 0.29) is 6.04 Å². The highest BCUT2D eigenvalue weighted by Gasteiger charge is 2.29. The van der Waals surface area contributed by atoms with Crippen molar-refractivity contribution >= 4 is 0 Å². The van der Waals surface area contributed by atoms with E-state index in [1.165, 1.54) is 12.8 Å². The monoisotopic (exact) mass is 208 g/mol. The molecule has 0 saturated carbocycles. The van der Waals surface area contributed by atoms with Gasteiger partial charge in [-0.1, -0.05) is 0 Å². The van der Waals surface area contributed by atoms with E-state index in [1.807, 2.05) is 13.0 Å². The molecule has 1 aromatic rings. The first-order valence-electron chi connectivity index (χ1n) is 5.74. The molecular formula is C12H20N2O. The van der Waals surface area contributed by atoms with Crippen molar-refractivity contribution < 1.29 is 4.42 Å². The van der Waals surface area contributed by atoms with E-state index in [0.29, 0.717) is 12.6 Å². The van der Waals surface area contributed by atoms with Crippen LogP contribution in [-0.2, 0) is 0 Å². The van der Waals surface area contributed by atoms with E-state index in [1.54, 1.807) is 0 Å². The number of nitrogens with zero attached hydrogens (tertiary/aromatic N) is 1. The number of hydrogen-bond donors (Lipinski definition) is 1. The predicted molar refractivity (Wildman–Crippen MR) is 60.6 cm³/mol. The molecule has 3 nitrogen and oxygen atoms in total. The molecule has 84 valence electrons. The molecule has 2 atom stereocenters. The summed E-state index contributed by atoms with van der Waals surface area (Å²) in [4.78, 5) is 2.46. The van der Waals surface area contributed by atoms with Crippen LogP contribution in [0.4, 0.5) is 0 Å². The highest BCUT2D eigenvalue weighted by atomic mass is 16.3. The van der Waals surface area contributed by atoms with Crippen LogP contribution in [0.3, 0.4) is 0 Å². The van der Waals surface area contributed by atoms with E-state index >= 15 is 0 Å². The maximum absolute atomic E-state index is 5.85. The third-order valence-electron chi connectivity index (χ3n) is 3.32. The van der Waals surface area contributed by atoms with Crippen LogP contribution in [0, 0.1) is 6.92 Å². The second kappa shape index (κ2) is 4.37. The van der Waals surface area contributed by atoms with Gasteiger partial charge in [0.25, 0.3) is 0 Å². The van der Waals surface area contributed by atoms with Crippen molar-refractivity contribution in [2.24, 2.45) is 5.73 Å². The van der Waals surface area contributed by atoms with E-state index in [9.17, 15) is 0 Å². The van der Waals surface area contributed by atoms with E-state index in [2.05, 4.69) is 17.9 Å². The normalized spacial score (nSPS) is 24.6. The Bertz CT molecular complexity index is 321. The van der Waals surface area contributed by atoms with E-state index < -0.39 is 0 Å². The summed E-state index contributed by atoms with van der Waals surface area (Å²) in [6, 6.07) is 4.96. The lowest BCUT2D eigenvalue weighted by molar-refractivity contribution is 0.172. The molecule has 1 aliphatic rings. The largest absolute Gasteiger partial charge is 0.465 e. The summed E-state index contributed by atoms with van der Waals surface area (Å²) in [7, 11) is 0. The average Bonchev–Trinajstić information content (AvgIpc) is 2.79. The molecule has 2 N–H and O–H groups in total. The summed E-state index contributed by atoms with van der Waals surface area (Å²) in [6.45, 7) is 6.02. The molecule has 0 radical (unpaired) electrons. The van der Waals surface area contributed by atoms with Crippen LogP contribution in [0.25, 0.3) is 0 Å². The summed E-state index contributed by atoms with van der Waals surface area (Å²) in [5, 5.41) is 0. The van der Waals surface area contributed by atoms with Gasteiger partial charge in [0.05, 0.1) is 6.04 Å². The highest BCUT2D eigenvalue weighted by Crippen LogP contribution is 2.29. The molecular weight excluding hydrogens is 188 g/mol. The van der Waals surface area contributed by atoms with Gasteiger partial charge >= 0.3 is 0 Å². The Labute approximate surface area is 91.2 Å². The topological polar surface area (TPSA) is 42.4 Å². The molecule has 15 heavy (non-hydrogen) atoms. The molecule has 2 unspecified atom stereocenters. The SMILES string of the molecule is Cc1ccc(C(CN)N2CCCC2C)o1. The zero-order valence-corrected chi connectivity index (χ0v) is 9.57. The van der Waals surface area contributed by atoms with Gasteiger partial charge in [-0.15, -0.1) is 0 Å². The first-order valence-corrected chi connectivity index (χ1v) is 5.74. The molecule has 3 heteroatoms. The molecule has 0 aromatic carbocycles. The summed E-state index contributed by atoms with van der Waals surface area (Å²) < 4.78 is 5.68. The van der Waals surface area contributed by atoms with Crippen LogP contribution in [-0.4, -0.2) is 24.0 Å². The molecule has 2 heterocycles. The fourth-order valence-electron chi connectivity index (χ4n) is 2.47. The second-order valence-electron chi connectivity index (χ2n) is 4.43. The van der Waals surface area contributed by atoms with Crippen LogP contribution < -0.4 is 5.73 Å². The lowest BCUT2D eigenvalue weighted by Gasteiger charge is -2.28. The average molecular weight is 208 g/mol. The number of likely N-dealkylation sites (tertiary alicyclic amines) is 1. The Morgan fingerprint density at radius 3 is 2.87 bits per heavy atom. The minimum atomic E-state index is 0.260. The smallest absolute Gasteiger partial charge is 0.122 e. The molecule has 1 aliphatic heterocycles. The molecule has 0 aliphatic carbocycles. The fraction of sp³-hybridized carbons (Fsp3) is 0.667. The van der Waals surface area contributed by atoms with Crippen molar-refractivity contribution in [2.45, 2.75) is 38.8 Å². The third-order valence-corrected chi connectivity index (χ3v) is 3.32. The number of nitrogens with two attached hydrogens (primary N) is 1. The minimum absolute atomic E-state index is 0.260. The number of furan rings is 1. The van der Waals surface area contributed by atoms with Gasteiger partial charge in [-0.2, -0.15) is 0 Å². The van der Waals surface area contributed by atoms with Crippen molar-refractivity contribution in [3.05, 3.63) is 23.7 Å². The van der Waals surface area contributed by atoms with Gasteiger partial charge in [-0.25, -0.2) is 0 Å². The van der Waals surface area contributed by atoms with Gasteiger partial charge in [0, 0.05) is 12.6 Å². The quantitative estimate of drug-likeness (QED) is 0.827. The number of rotatable bonds is 3. The number of hydrogen-bond acceptors (Lipinski definition) is 3. The van der Waals surface area contributed by atoms with Crippen molar-refractivity contribution in [1.82, 2.24) is 4.90 Å². The summed E-state index contributed by atoms with van der Waals surface area (Å²) >= 11 is 0. The first kappa shape index (κ1) is 10.7. The maximum atomic E-state index is 5.85.